The first-order chi connectivity index (χ1) is 16.8. The molecule has 0 bridgehead atoms. The molecular weight excluding hydrogens is 530 g/mol. The minimum Gasteiger partial charge on any atom is -0.494 e. The summed E-state index contributed by atoms with van der Waals surface area (Å²) < 4.78 is 40.0. The van der Waals surface area contributed by atoms with Gasteiger partial charge < -0.3 is 9.47 Å². The van der Waals surface area contributed by atoms with Gasteiger partial charge in [0.05, 0.1) is 28.3 Å². The largest absolute Gasteiger partial charge is 0.494 e. The Kier molecular flexibility index (Phi) is 9.34. The van der Waals surface area contributed by atoms with Gasteiger partial charge in [-0.15, -0.1) is 0 Å². The molecule has 3 rings (SSSR count). The number of aryl methyl sites for hydroxylation is 2. The van der Waals surface area contributed by atoms with Gasteiger partial charge in [-0.3, -0.25) is 4.79 Å². The number of rotatable bonds is 11. The highest BCUT2D eigenvalue weighted by atomic mass is 79.9. The molecule has 0 unspecified atom stereocenters. The van der Waals surface area contributed by atoms with E-state index >= 15 is 0 Å². The second-order valence-electron chi connectivity index (χ2n) is 7.97. The van der Waals surface area contributed by atoms with Gasteiger partial charge in [0.1, 0.15) is 11.5 Å². The maximum Gasteiger partial charge on any atom is 0.270 e. The SMILES string of the molecule is CCOc1ccc(N(C(=O)CCCOc2ccc(CC)cc2Br)S(=O)(=O)c2ccc(C)cc2)cc1. The molecule has 0 heterocycles. The van der Waals surface area contributed by atoms with E-state index in [-0.39, 0.29) is 23.6 Å². The molecule has 0 spiro atoms. The third kappa shape index (κ3) is 6.86. The molecule has 0 fully saturated rings. The number of halogens is 1. The lowest BCUT2D eigenvalue weighted by molar-refractivity contribution is -0.117. The summed E-state index contributed by atoms with van der Waals surface area (Å²) in [6.07, 6.45) is 1.28. The number of amides is 1. The first-order valence-electron chi connectivity index (χ1n) is 11.5. The Hall–Kier alpha value is -2.84. The molecule has 0 aliphatic heterocycles. The smallest absolute Gasteiger partial charge is 0.270 e. The third-order valence-electron chi connectivity index (χ3n) is 5.37. The number of hydrogen-bond donors (Lipinski definition) is 0. The van der Waals surface area contributed by atoms with Crippen LogP contribution >= 0.6 is 15.9 Å². The van der Waals surface area contributed by atoms with Gasteiger partial charge in [0.15, 0.2) is 0 Å². The molecule has 0 N–H and O–H groups in total. The topological polar surface area (TPSA) is 72.9 Å². The maximum absolute atomic E-state index is 13.5. The van der Waals surface area contributed by atoms with Gasteiger partial charge >= 0.3 is 0 Å². The molecule has 0 saturated heterocycles. The number of sulfonamides is 1. The fourth-order valence-corrected chi connectivity index (χ4v) is 5.46. The standard InChI is InChI=1S/C27H30BrNO5S/c1-4-21-10-17-26(25(28)19-21)34-18-6-7-27(30)29(22-11-13-23(14-12-22)33-5-2)35(31,32)24-15-8-20(3)9-16-24/h8-17,19H,4-7,18H2,1-3H3. The van der Waals surface area contributed by atoms with Crippen molar-refractivity contribution >= 4 is 37.5 Å². The van der Waals surface area contributed by atoms with Crippen molar-refractivity contribution in [2.75, 3.05) is 17.5 Å². The van der Waals surface area contributed by atoms with Gasteiger partial charge in [0.25, 0.3) is 10.0 Å². The van der Waals surface area contributed by atoms with Crippen molar-refractivity contribution in [3.05, 3.63) is 82.3 Å². The van der Waals surface area contributed by atoms with E-state index in [1.165, 1.54) is 17.7 Å². The quantitative estimate of drug-likeness (QED) is 0.258. The summed E-state index contributed by atoms with van der Waals surface area (Å²) in [6.45, 7) is 6.58. The summed E-state index contributed by atoms with van der Waals surface area (Å²) in [5.74, 6) is 0.758. The number of carbonyl (C=O) groups excluding carboxylic acids is 1. The summed E-state index contributed by atoms with van der Waals surface area (Å²) in [4.78, 5) is 13.3. The van der Waals surface area contributed by atoms with Crippen molar-refractivity contribution in [3.8, 4) is 11.5 Å². The zero-order valence-electron chi connectivity index (χ0n) is 20.2. The van der Waals surface area contributed by atoms with Gasteiger partial charge in [-0.1, -0.05) is 30.7 Å². The average molecular weight is 561 g/mol. The highest BCUT2D eigenvalue weighted by Gasteiger charge is 2.30. The van der Waals surface area contributed by atoms with E-state index in [0.717, 1.165) is 20.8 Å². The molecule has 35 heavy (non-hydrogen) atoms. The molecule has 0 radical (unpaired) electrons. The van der Waals surface area contributed by atoms with Crippen LogP contribution in [0, 0.1) is 6.92 Å². The van der Waals surface area contributed by atoms with Crippen molar-refractivity contribution < 1.29 is 22.7 Å². The summed E-state index contributed by atoms with van der Waals surface area (Å²) in [5.41, 5.74) is 2.38. The Morgan fingerprint density at radius 1 is 0.943 bits per heavy atom. The molecular formula is C27H30BrNO5S. The Labute approximate surface area is 216 Å². The van der Waals surface area contributed by atoms with E-state index in [2.05, 4.69) is 22.9 Å². The molecule has 0 saturated carbocycles. The van der Waals surface area contributed by atoms with E-state index in [1.807, 2.05) is 32.0 Å². The van der Waals surface area contributed by atoms with Crippen molar-refractivity contribution in [1.82, 2.24) is 0 Å². The molecule has 0 aliphatic carbocycles. The molecule has 3 aromatic carbocycles. The minimum absolute atomic E-state index is 0.00294. The zero-order chi connectivity index (χ0) is 25.4. The predicted molar refractivity (Wildman–Crippen MR) is 142 cm³/mol. The monoisotopic (exact) mass is 559 g/mol. The number of hydrogen-bond acceptors (Lipinski definition) is 5. The number of nitrogens with zero attached hydrogens (tertiary/aromatic N) is 1. The van der Waals surface area contributed by atoms with Crippen LogP contribution in [0.5, 0.6) is 11.5 Å². The summed E-state index contributed by atoms with van der Waals surface area (Å²) >= 11 is 3.51. The van der Waals surface area contributed by atoms with Crippen LogP contribution in [-0.4, -0.2) is 27.5 Å². The van der Waals surface area contributed by atoms with Gasteiger partial charge in [-0.25, -0.2) is 12.7 Å². The van der Waals surface area contributed by atoms with Crippen LogP contribution in [0.1, 0.15) is 37.8 Å². The Bertz CT molecular complexity index is 1240. The molecule has 3 aromatic rings. The fourth-order valence-electron chi connectivity index (χ4n) is 3.47. The number of carbonyl (C=O) groups is 1. The van der Waals surface area contributed by atoms with Crippen molar-refractivity contribution in [3.63, 3.8) is 0 Å². The first kappa shape index (κ1) is 26.8. The Morgan fingerprint density at radius 2 is 1.63 bits per heavy atom. The van der Waals surface area contributed by atoms with Crippen molar-refractivity contribution in [2.45, 2.75) is 44.9 Å². The van der Waals surface area contributed by atoms with Crippen molar-refractivity contribution in [1.29, 1.82) is 0 Å². The lowest BCUT2D eigenvalue weighted by Crippen LogP contribution is -2.37. The molecule has 186 valence electrons. The van der Waals surface area contributed by atoms with E-state index in [1.54, 1.807) is 36.4 Å². The molecule has 1 amide bonds. The number of ether oxygens (including phenoxy) is 2. The fraction of sp³-hybridized carbons (Fsp3) is 0.296. The van der Waals surface area contributed by atoms with Gasteiger partial charge in [0.2, 0.25) is 5.91 Å². The van der Waals surface area contributed by atoms with E-state index < -0.39 is 15.9 Å². The third-order valence-corrected chi connectivity index (χ3v) is 7.75. The Balaban J connectivity index is 1.77. The molecule has 0 atom stereocenters. The Morgan fingerprint density at radius 3 is 2.23 bits per heavy atom. The van der Waals surface area contributed by atoms with Gasteiger partial charge in [-0.2, -0.15) is 0 Å². The molecule has 6 nitrogen and oxygen atoms in total. The minimum atomic E-state index is -4.10. The second-order valence-corrected chi connectivity index (χ2v) is 10.6. The molecule has 8 heteroatoms. The van der Waals surface area contributed by atoms with Crippen LogP contribution in [-0.2, 0) is 21.2 Å². The zero-order valence-corrected chi connectivity index (χ0v) is 22.6. The maximum atomic E-state index is 13.5. The second kappa shape index (κ2) is 12.2. The van der Waals surface area contributed by atoms with Crippen LogP contribution in [0.2, 0.25) is 0 Å². The summed E-state index contributed by atoms with van der Waals surface area (Å²) in [6, 6.07) is 18.8. The average Bonchev–Trinajstić information content (AvgIpc) is 2.84. The van der Waals surface area contributed by atoms with E-state index in [0.29, 0.717) is 24.5 Å². The number of benzene rings is 3. The van der Waals surface area contributed by atoms with Gasteiger partial charge in [-0.05, 0) is 96.7 Å². The normalized spacial score (nSPS) is 11.2. The summed E-state index contributed by atoms with van der Waals surface area (Å²) in [5, 5.41) is 0. The number of anilines is 1. The van der Waals surface area contributed by atoms with Crippen LogP contribution < -0.4 is 13.8 Å². The predicted octanol–water partition coefficient (Wildman–Crippen LogP) is 6.30. The lowest BCUT2D eigenvalue weighted by Gasteiger charge is -2.23. The van der Waals surface area contributed by atoms with E-state index in [4.69, 9.17) is 9.47 Å². The van der Waals surface area contributed by atoms with Crippen molar-refractivity contribution in [2.24, 2.45) is 0 Å². The highest BCUT2D eigenvalue weighted by molar-refractivity contribution is 9.10. The first-order valence-corrected chi connectivity index (χ1v) is 13.8. The van der Waals surface area contributed by atoms with E-state index in [9.17, 15) is 13.2 Å². The lowest BCUT2D eigenvalue weighted by atomic mass is 10.2. The van der Waals surface area contributed by atoms with Gasteiger partial charge in [0, 0.05) is 6.42 Å². The molecule has 0 aliphatic rings. The highest BCUT2D eigenvalue weighted by Crippen LogP contribution is 2.28. The van der Waals surface area contributed by atoms with Crippen LogP contribution in [0.4, 0.5) is 5.69 Å². The van der Waals surface area contributed by atoms with Crippen LogP contribution in [0.25, 0.3) is 0 Å². The van der Waals surface area contributed by atoms with Crippen LogP contribution in [0.3, 0.4) is 0 Å². The summed E-state index contributed by atoms with van der Waals surface area (Å²) in [7, 11) is -4.10. The molecule has 0 aromatic heterocycles. The van der Waals surface area contributed by atoms with Crippen LogP contribution in [0.15, 0.2) is 76.1 Å².